The molecule has 1 aliphatic rings. The van der Waals surface area contributed by atoms with E-state index in [1.165, 1.54) is 11.3 Å². The quantitative estimate of drug-likeness (QED) is 0.725. The fraction of sp³-hybridized carbons (Fsp3) is 0.600. The van der Waals surface area contributed by atoms with Gasteiger partial charge in [-0.15, -0.1) is 11.3 Å². The summed E-state index contributed by atoms with van der Waals surface area (Å²) in [6, 6.07) is -0.426. The van der Waals surface area contributed by atoms with Gasteiger partial charge in [0.25, 0.3) is 0 Å². The topological polar surface area (TPSA) is 87.7 Å². The predicted octanol–water partition coefficient (Wildman–Crippen LogP) is 2.31. The van der Waals surface area contributed by atoms with Crippen molar-refractivity contribution in [2.24, 2.45) is 0 Å². The number of nitrogens with one attached hydrogen (secondary N) is 2. The van der Waals surface area contributed by atoms with E-state index in [4.69, 9.17) is 4.74 Å². The highest BCUT2D eigenvalue weighted by molar-refractivity contribution is 7.17. The van der Waals surface area contributed by atoms with Gasteiger partial charge in [-0.05, 0) is 45.1 Å². The zero-order valence-corrected chi connectivity index (χ0v) is 13.7. The number of aryl methyl sites for hydroxylation is 1. The van der Waals surface area contributed by atoms with Crippen LogP contribution in [-0.2, 0) is 17.6 Å². The number of aliphatic hydroxyl groups is 1. The van der Waals surface area contributed by atoms with E-state index in [9.17, 15) is 14.7 Å². The van der Waals surface area contributed by atoms with E-state index >= 15 is 0 Å². The van der Waals surface area contributed by atoms with Crippen LogP contribution in [0.4, 0.5) is 9.80 Å². The molecule has 22 heavy (non-hydrogen) atoms. The number of thiophene rings is 1. The van der Waals surface area contributed by atoms with Crippen LogP contribution in [0.5, 0.6) is 0 Å². The second-order valence-electron chi connectivity index (χ2n) is 5.32. The summed E-state index contributed by atoms with van der Waals surface area (Å²) >= 11 is 1.44. The minimum Gasteiger partial charge on any atom is -0.462 e. The fourth-order valence-electron chi connectivity index (χ4n) is 2.46. The normalized spacial score (nSPS) is 14.9. The molecule has 3 N–H and O–H groups in total. The van der Waals surface area contributed by atoms with Crippen LogP contribution in [0.15, 0.2) is 0 Å². The van der Waals surface area contributed by atoms with Gasteiger partial charge < -0.3 is 15.2 Å². The van der Waals surface area contributed by atoms with Crippen LogP contribution in [-0.4, -0.2) is 36.4 Å². The molecule has 0 saturated carbocycles. The molecule has 1 aliphatic carbocycles. The van der Waals surface area contributed by atoms with Gasteiger partial charge in [0, 0.05) is 11.4 Å². The summed E-state index contributed by atoms with van der Waals surface area (Å²) in [7, 11) is 0. The Hall–Kier alpha value is -1.60. The molecule has 0 radical (unpaired) electrons. The molecule has 1 aromatic heterocycles. The Labute approximate surface area is 133 Å². The number of carbonyl (C=O) groups excluding carboxylic acids is 2. The van der Waals surface area contributed by atoms with E-state index in [-0.39, 0.29) is 12.5 Å². The number of esters is 1. The van der Waals surface area contributed by atoms with Gasteiger partial charge >= 0.3 is 12.0 Å². The first-order valence-electron chi connectivity index (χ1n) is 7.57. The molecule has 1 aromatic rings. The summed E-state index contributed by atoms with van der Waals surface area (Å²) in [5.74, 6) is -0.382. The second-order valence-corrected chi connectivity index (χ2v) is 6.42. The highest BCUT2D eigenvalue weighted by atomic mass is 32.1. The summed E-state index contributed by atoms with van der Waals surface area (Å²) < 4.78 is 5.13. The number of carbonyl (C=O) groups is 2. The van der Waals surface area contributed by atoms with Gasteiger partial charge in [0.1, 0.15) is 5.00 Å². The van der Waals surface area contributed by atoms with Crippen molar-refractivity contribution < 1.29 is 19.4 Å². The lowest BCUT2D eigenvalue weighted by atomic mass is 9.95. The summed E-state index contributed by atoms with van der Waals surface area (Å²) in [5, 5.41) is 15.0. The summed E-state index contributed by atoms with van der Waals surface area (Å²) in [5.41, 5.74) is 1.51. The smallest absolute Gasteiger partial charge is 0.341 e. The van der Waals surface area contributed by atoms with Gasteiger partial charge in [0.15, 0.2) is 0 Å². The number of ether oxygens (including phenoxy) is 1. The standard InChI is InChI=1S/C15H22N2O4S/c1-3-21-14(19)12-10-6-4-5-7-11(10)22-13(12)17-15(20)16-8-9(2)18/h9,18H,3-8H2,1-2H3,(H2,16,17,20). The third-order valence-corrected chi connectivity index (χ3v) is 4.64. The summed E-state index contributed by atoms with van der Waals surface area (Å²) in [6.45, 7) is 3.82. The number of rotatable bonds is 5. The van der Waals surface area contributed by atoms with Crippen LogP contribution >= 0.6 is 11.3 Å². The molecule has 1 atom stereocenters. The van der Waals surface area contributed by atoms with Crippen molar-refractivity contribution in [3.63, 3.8) is 0 Å². The average Bonchev–Trinajstić information content (AvgIpc) is 2.83. The number of urea groups is 1. The Morgan fingerprint density at radius 2 is 2.09 bits per heavy atom. The van der Waals surface area contributed by atoms with Crippen LogP contribution in [0.2, 0.25) is 0 Å². The first kappa shape index (κ1) is 16.8. The molecule has 0 aliphatic heterocycles. The number of amides is 2. The van der Waals surface area contributed by atoms with E-state index < -0.39 is 12.1 Å². The number of hydrogen-bond acceptors (Lipinski definition) is 5. The lowest BCUT2D eigenvalue weighted by Gasteiger charge is -2.12. The lowest BCUT2D eigenvalue weighted by molar-refractivity contribution is 0.0526. The van der Waals surface area contributed by atoms with Gasteiger partial charge in [-0.1, -0.05) is 0 Å². The number of anilines is 1. The molecule has 7 heteroatoms. The monoisotopic (exact) mass is 326 g/mol. The van der Waals surface area contributed by atoms with Gasteiger partial charge in [0.05, 0.1) is 18.3 Å². The molecule has 2 rings (SSSR count). The van der Waals surface area contributed by atoms with E-state index in [0.717, 1.165) is 36.1 Å². The molecule has 1 unspecified atom stereocenters. The van der Waals surface area contributed by atoms with Crippen molar-refractivity contribution in [1.29, 1.82) is 0 Å². The lowest BCUT2D eigenvalue weighted by Crippen LogP contribution is -2.34. The largest absolute Gasteiger partial charge is 0.462 e. The maximum atomic E-state index is 12.2. The molecule has 122 valence electrons. The second kappa shape index (κ2) is 7.60. The number of fused-ring (bicyclic) bond motifs is 1. The van der Waals surface area contributed by atoms with Crippen LogP contribution in [0, 0.1) is 0 Å². The highest BCUT2D eigenvalue weighted by Gasteiger charge is 2.27. The molecular weight excluding hydrogens is 304 g/mol. The summed E-state index contributed by atoms with van der Waals surface area (Å²) in [4.78, 5) is 25.3. The van der Waals surface area contributed by atoms with Crippen molar-refractivity contribution in [2.75, 3.05) is 18.5 Å². The maximum absolute atomic E-state index is 12.2. The van der Waals surface area contributed by atoms with E-state index in [1.54, 1.807) is 13.8 Å². The van der Waals surface area contributed by atoms with E-state index in [0.29, 0.717) is 17.2 Å². The van der Waals surface area contributed by atoms with E-state index in [1.807, 2.05) is 0 Å². The minimum atomic E-state index is -0.619. The van der Waals surface area contributed by atoms with Gasteiger partial charge in [-0.2, -0.15) is 0 Å². The Morgan fingerprint density at radius 3 is 2.77 bits per heavy atom. The van der Waals surface area contributed by atoms with Crippen LogP contribution in [0.25, 0.3) is 0 Å². The summed E-state index contributed by atoms with van der Waals surface area (Å²) in [6.07, 6.45) is 3.31. The highest BCUT2D eigenvalue weighted by Crippen LogP contribution is 2.38. The predicted molar refractivity (Wildman–Crippen MR) is 85.6 cm³/mol. The number of aliphatic hydroxyl groups excluding tert-OH is 1. The molecule has 0 bridgehead atoms. The minimum absolute atomic E-state index is 0.158. The van der Waals surface area contributed by atoms with Gasteiger partial charge in [-0.25, -0.2) is 9.59 Å². The molecule has 2 amide bonds. The molecule has 0 fully saturated rings. The molecule has 0 aromatic carbocycles. The average molecular weight is 326 g/mol. The Bertz CT molecular complexity index is 554. The zero-order chi connectivity index (χ0) is 16.1. The zero-order valence-electron chi connectivity index (χ0n) is 12.9. The Balaban J connectivity index is 2.20. The van der Waals surface area contributed by atoms with Crippen molar-refractivity contribution in [1.82, 2.24) is 5.32 Å². The van der Waals surface area contributed by atoms with Crippen molar-refractivity contribution in [3.05, 3.63) is 16.0 Å². The first-order chi connectivity index (χ1) is 10.5. The van der Waals surface area contributed by atoms with Crippen molar-refractivity contribution in [3.8, 4) is 0 Å². The van der Waals surface area contributed by atoms with E-state index in [2.05, 4.69) is 10.6 Å². The SMILES string of the molecule is CCOC(=O)c1c(NC(=O)NCC(C)O)sc2c1CCCC2. The Kier molecular flexibility index (Phi) is 5.79. The van der Waals surface area contributed by atoms with Crippen LogP contribution in [0.1, 0.15) is 47.5 Å². The van der Waals surface area contributed by atoms with Crippen molar-refractivity contribution >= 4 is 28.3 Å². The molecule has 0 saturated heterocycles. The van der Waals surface area contributed by atoms with Gasteiger partial charge in [-0.3, -0.25) is 5.32 Å². The van der Waals surface area contributed by atoms with Crippen LogP contribution < -0.4 is 10.6 Å². The Morgan fingerprint density at radius 1 is 1.36 bits per heavy atom. The number of hydrogen-bond donors (Lipinski definition) is 3. The molecule has 6 nitrogen and oxygen atoms in total. The van der Waals surface area contributed by atoms with Crippen molar-refractivity contribution in [2.45, 2.75) is 45.6 Å². The third kappa shape index (κ3) is 3.98. The maximum Gasteiger partial charge on any atom is 0.341 e. The van der Waals surface area contributed by atoms with Gasteiger partial charge in [0.2, 0.25) is 0 Å². The molecular formula is C15H22N2O4S. The third-order valence-electron chi connectivity index (χ3n) is 3.44. The first-order valence-corrected chi connectivity index (χ1v) is 8.39. The molecule has 0 spiro atoms. The molecule has 1 heterocycles. The fourth-order valence-corrected chi connectivity index (χ4v) is 3.73. The van der Waals surface area contributed by atoms with Crippen LogP contribution in [0.3, 0.4) is 0 Å².